The first-order valence-corrected chi connectivity index (χ1v) is 23.6. The van der Waals surface area contributed by atoms with Gasteiger partial charge in [-0.1, -0.05) is 194 Å². The van der Waals surface area contributed by atoms with Crippen molar-refractivity contribution < 1.29 is 0 Å². The molecule has 0 aliphatic carbocycles. The Bertz CT molecular complexity index is 4280. The zero-order valence-corrected chi connectivity index (χ0v) is 37.5. The number of fused-ring (bicyclic) bond motifs is 11. The third-order valence-corrected chi connectivity index (χ3v) is 14.2. The van der Waals surface area contributed by atoms with Gasteiger partial charge < -0.3 is 4.57 Å². The lowest BCUT2D eigenvalue weighted by atomic mass is 9.88. The number of hydrogen-bond donors (Lipinski definition) is 0. The maximum atomic E-state index is 5.40. The lowest BCUT2D eigenvalue weighted by molar-refractivity contribution is 1.17. The van der Waals surface area contributed by atoms with Gasteiger partial charge in [0.25, 0.3) is 0 Å². The van der Waals surface area contributed by atoms with E-state index in [1.807, 2.05) is 0 Å². The van der Waals surface area contributed by atoms with E-state index in [-0.39, 0.29) is 0 Å². The Morgan fingerprint density at radius 1 is 0.275 bits per heavy atom. The summed E-state index contributed by atoms with van der Waals surface area (Å²) in [5, 5.41) is 13.5. The third kappa shape index (κ3) is 6.29. The molecule has 12 aromatic carbocycles. The molecule has 2 aromatic heterocycles. The zero-order valence-electron chi connectivity index (χ0n) is 37.5. The quantitative estimate of drug-likeness (QED) is 0.156. The van der Waals surface area contributed by atoms with E-state index in [4.69, 9.17) is 9.97 Å². The molecule has 0 bridgehead atoms. The molecule has 0 saturated heterocycles. The number of hydrogen-bond acceptors (Lipinski definition) is 2. The Labute approximate surface area is 398 Å². The summed E-state index contributed by atoms with van der Waals surface area (Å²) in [5.74, 6) is 0.686. The predicted octanol–water partition coefficient (Wildman–Crippen LogP) is 17.7. The van der Waals surface area contributed by atoms with E-state index < -0.39 is 0 Å². The van der Waals surface area contributed by atoms with Crippen molar-refractivity contribution in [1.29, 1.82) is 0 Å². The summed E-state index contributed by atoms with van der Waals surface area (Å²) in [5.41, 5.74) is 14.2. The van der Waals surface area contributed by atoms with Gasteiger partial charge in [0.05, 0.1) is 22.2 Å². The minimum Gasteiger partial charge on any atom is -0.309 e. The number of rotatable bonds is 6. The predicted molar refractivity (Wildman–Crippen MR) is 291 cm³/mol. The zero-order chi connectivity index (χ0) is 45.4. The normalized spacial score (nSPS) is 11.8. The fourth-order valence-corrected chi connectivity index (χ4v) is 11.0. The van der Waals surface area contributed by atoms with Crippen LogP contribution in [0.25, 0.3) is 138 Å². The standard InChI is InChI=1S/C66H41N3/c1-4-18-42(19-5-1)56-40-58-60(41-57(56)43-20-6-2-7-21-43)67-66(68-65(58)44-22-8-3-9-23-44)45-34-36-48(37-35-45)69-61-33-17-32-55(64(61)59-38-46-24-10-11-25-47(46)39-62(59)69)54-31-16-30-53-51-27-13-12-26-49(51)50-28-14-15-29-52(50)63(53)54/h1-41H. The van der Waals surface area contributed by atoms with Crippen molar-refractivity contribution in [3.8, 4) is 61.7 Å². The van der Waals surface area contributed by atoms with Crippen LogP contribution < -0.4 is 0 Å². The van der Waals surface area contributed by atoms with Crippen molar-refractivity contribution in [3.63, 3.8) is 0 Å². The first kappa shape index (κ1) is 39.0. The molecule has 14 aromatic rings. The van der Waals surface area contributed by atoms with Crippen molar-refractivity contribution in [2.24, 2.45) is 0 Å². The summed E-state index contributed by atoms with van der Waals surface area (Å²) in [6, 6.07) is 90.0. The molecule has 69 heavy (non-hydrogen) atoms. The molecule has 3 heteroatoms. The van der Waals surface area contributed by atoms with Crippen LogP contribution in [0.4, 0.5) is 0 Å². The molecule has 0 amide bonds. The molecule has 0 aliphatic heterocycles. The van der Waals surface area contributed by atoms with Crippen LogP contribution in [-0.4, -0.2) is 14.5 Å². The molecule has 0 spiro atoms. The molecular formula is C66H41N3. The van der Waals surface area contributed by atoms with Crippen molar-refractivity contribution >= 4 is 75.8 Å². The molecule has 0 unspecified atom stereocenters. The summed E-state index contributed by atoms with van der Waals surface area (Å²) in [4.78, 5) is 10.8. The van der Waals surface area contributed by atoms with Crippen molar-refractivity contribution in [2.75, 3.05) is 0 Å². The van der Waals surface area contributed by atoms with Gasteiger partial charge in [-0.2, -0.15) is 0 Å². The van der Waals surface area contributed by atoms with Crippen molar-refractivity contribution in [1.82, 2.24) is 14.5 Å². The van der Waals surface area contributed by atoms with Gasteiger partial charge in [-0.15, -0.1) is 0 Å². The Hall–Kier alpha value is -9.18. The SMILES string of the molecule is c1ccc(-c2cc3nc(-c4ccc(-n5c6cc7ccccc7cc6c6c(-c7cccc8c9ccccc9c9ccccc9c78)cccc65)cc4)nc(-c4ccccc4)c3cc2-c2ccccc2)cc1. The highest BCUT2D eigenvalue weighted by Crippen LogP contribution is 2.46. The highest BCUT2D eigenvalue weighted by atomic mass is 15.0. The molecule has 0 fully saturated rings. The molecule has 0 N–H and O–H groups in total. The van der Waals surface area contributed by atoms with Crippen LogP contribution >= 0.6 is 0 Å². The molecule has 0 aliphatic rings. The highest BCUT2D eigenvalue weighted by Gasteiger charge is 2.21. The average Bonchev–Trinajstić information content (AvgIpc) is 3.75. The minimum absolute atomic E-state index is 0.686. The summed E-state index contributed by atoms with van der Waals surface area (Å²) >= 11 is 0. The summed E-state index contributed by atoms with van der Waals surface area (Å²) < 4.78 is 2.44. The summed E-state index contributed by atoms with van der Waals surface area (Å²) in [6.07, 6.45) is 0. The second-order valence-electron chi connectivity index (χ2n) is 18.0. The van der Waals surface area contributed by atoms with E-state index in [0.717, 1.165) is 66.7 Å². The molecular weight excluding hydrogens is 835 g/mol. The van der Waals surface area contributed by atoms with Gasteiger partial charge >= 0.3 is 0 Å². The Morgan fingerprint density at radius 2 is 0.783 bits per heavy atom. The van der Waals surface area contributed by atoms with Gasteiger partial charge in [-0.3, -0.25) is 0 Å². The van der Waals surface area contributed by atoms with Gasteiger partial charge in [-0.25, -0.2) is 9.97 Å². The van der Waals surface area contributed by atoms with Gasteiger partial charge in [0.1, 0.15) is 0 Å². The second kappa shape index (κ2) is 15.7. The Kier molecular flexibility index (Phi) is 8.90. The maximum absolute atomic E-state index is 5.40. The monoisotopic (exact) mass is 875 g/mol. The van der Waals surface area contributed by atoms with E-state index in [1.165, 1.54) is 65.0 Å². The van der Waals surface area contributed by atoms with Crippen molar-refractivity contribution in [2.45, 2.75) is 0 Å². The fourth-order valence-electron chi connectivity index (χ4n) is 11.0. The first-order chi connectivity index (χ1) is 34.2. The van der Waals surface area contributed by atoms with Crippen molar-refractivity contribution in [3.05, 3.63) is 249 Å². The van der Waals surface area contributed by atoms with Gasteiger partial charge in [0, 0.05) is 33.0 Å². The van der Waals surface area contributed by atoms with E-state index in [2.05, 4.69) is 253 Å². The van der Waals surface area contributed by atoms with Crippen LogP contribution in [0.15, 0.2) is 249 Å². The van der Waals surface area contributed by atoms with Gasteiger partial charge in [0.2, 0.25) is 0 Å². The number of benzene rings is 12. The summed E-state index contributed by atoms with van der Waals surface area (Å²) in [7, 11) is 0. The fraction of sp³-hybridized carbons (Fsp3) is 0. The Balaban J connectivity index is 0.978. The van der Waals surface area contributed by atoms with E-state index >= 15 is 0 Å². The average molecular weight is 876 g/mol. The minimum atomic E-state index is 0.686. The maximum Gasteiger partial charge on any atom is 0.160 e. The highest BCUT2D eigenvalue weighted by molar-refractivity contribution is 6.30. The van der Waals surface area contributed by atoms with Crippen LogP contribution in [0.1, 0.15) is 0 Å². The van der Waals surface area contributed by atoms with Crippen LogP contribution in [0, 0.1) is 0 Å². The smallest absolute Gasteiger partial charge is 0.160 e. The van der Waals surface area contributed by atoms with Gasteiger partial charge in [0.15, 0.2) is 5.82 Å². The largest absolute Gasteiger partial charge is 0.309 e. The molecule has 14 rings (SSSR count). The van der Waals surface area contributed by atoms with Crippen LogP contribution in [0.3, 0.4) is 0 Å². The van der Waals surface area contributed by atoms with E-state index in [0.29, 0.717) is 5.82 Å². The lowest BCUT2D eigenvalue weighted by Crippen LogP contribution is -1.98. The van der Waals surface area contributed by atoms with Crippen LogP contribution in [0.2, 0.25) is 0 Å². The molecule has 0 atom stereocenters. The van der Waals surface area contributed by atoms with E-state index in [9.17, 15) is 0 Å². The van der Waals surface area contributed by atoms with Crippen LogP contribution in [-0.2, 0) is 0 Å². The summed E-state index contributed by atoms with van der Waals surface area (Å²) in [6.45, 7) is 0. The molecule has 0 saturated carbocycles. The number of nitrogens with zero attached hydrogens (tertiary/aromatic N) is 3. The topological polar surface area (TPSA) is 30.7 Å². The molecule has 3 nitrogen and oxygen atoms in total. The van der Waals surface area contributed by atoms with Gasteiger partial charge in [-0.05, 0) is 131 Å². The second-order valence-corrected chi connectivity index (χ2v) is 18.0. The Morgan fingerprint density at radius 3 is 1.43 bits per heavy atom. The molecule has 320 valence electrons. The first-order valence-electron chi connectivity index (χ1n) is 23.6. The molecule has 0 radical (unpaired) electrons. The lowest BCUT2D eigenvalue weighted by Gasteiger charge is -2.16. The van der Waals surface area contributed by atoms with E-state index in [1.54, 1.807) is 0 Å². The number of aromatic nitrogens is 3. The third-order valence-electron chi connectivity index (χ3n) is 14.2. The molecule has 2 heterocycles. The van der Waals surface area contributed by atoms with Crippen LogP contribution in [0.5, 0.6) is 0 Å².